The highest BCUT2D eigenvalue weighted by atomic mass is 32.2. The third-order valence-electron chi connectivity index (χ3n) is 4.90. The Kier molecular flexibility index (Phi) is 7.51. The molecule has 0 bridgehead atoms. The SMILES string of the molecule is CCOC(=O)[C@H]1CCCCN1C(=O)CSc1n[nH]c(=O)n1CCc1ccccc1. The molecule has 1 aliphatic heterocycles. The fourth-order valence-electron chi connectivity index (χ4n) is 3.42. The third-order valence-corrected chi connectivity index (χ3v) is 5.86. The van der Waals surface area contributed by atoms with E-state index in [-0.39, 0.29) is 23.3 Å². The summed E-state index contributed by atoms with van der Waals surface area (Å²) < 4.78 is 6.66. The molecule has 2 heterocycles. The Balaban J connectivity index is 1.61. The van der Waals surface area contributed by atoms with Crippen molar-refractivity contribution in [2.45, 2.75) is 50.4 Å². The van der Waals surface area contributed by atoms with Crippen LogP contribution in [0.2, 0.25) is 0 Å². The molecule has 1 amide bonds. The van der Waals surface area contributed by atoms with Crippen LogP contribution in [0.3, 0.4) is 0 Å². The molecule has 1 N–H and O–H groups in total. The van der Waals surface area contributed by atoms with Crippen molar-refractivity contribution < 1.29 is 14.3 Å². The number of piperidine rings is 1. The second-order valence-electron chi connectivity index (χ2n) is 6.84. The summed E-state index contributed by atoms with van der Waals surface area (Å²) in [6, 6.07) is 9.36. The Labute approximate surface area is 173 Å². The van der Waals surface area contributed by atoms with Gasteiger partial charge in [-0.1, -0.05) is 42.1 Å². The van der Waals surface area contributed by atoms with Gasteiger partial charge in [-0.05, 0) is 38.2 Å². The van der Waals surface area contributed by atoms with Crippen LogP contribution in [0.15, 0.2) is 40.3 Å². The third kappa shape index (κ3) is 5.50. The molecule has 1 aliphatic rings. The molecule has 9 heteroatoms. The van der Waals surface area contributed by atoms with E-state index in [1.807, 2.05) is 30.3 Å². The number of ether oxygens (including phenoxy) is 1. The summed E-state index contributed by atoms with van der Waals surface area (Å²) in [5, 5.41) is 6.99. The first-order chi connectivity index (χ1) is 14.1. The number of rotatable bonds is 8. The predicted octanol–water partition coefficient (Wildman–Crippen LogP) is 1.85. The van der Waals surface area contributed by atoms with Gasteiger partial charge in [0.1, 0.15) is 6.04 Å². The van der Waals surface area contributed by atoms with Crippen LogP contribution in [0.5, 0.6) is 0 Å². The number of amides is 1. The maximum Gasteiger partial charge on any atom is 0.343 e. The maximum atomic E-state index is 12.8. The smallest absolute Gasteiger partial charge is 0.343 e. The highest BCUT2D eigenvalue weighted by Gasteiger charge is 2.33. The Morgan fingerprint density at radius 1 is 1.28 bits per heavy atom. The molecule has 1 saturated heterocycles. The molecule has 3 rings (SSSR count). The van der Waals surface area contributed by atoms with Gasteiger partial charge >= 0.3 is 11.7 Å². The van der Waals surface area contributed by atoms with Gasteiger partial charge in [-0.25, -0.2) is 14.7 Å². The van der Waals surface area contributed by atoms with Gasteiger partial charge in [-0.3, -0.25) is 9.36 Å². The van der Waals surface area contributed by atoms with Gasteiger partial charge in [0.2, 0.25) is 5.91 Å². The number of aromatic nitrogens is 3. The van der Waals surface area contributed by atoms with Crippen molar-refractivity contribution in [1.29, 1.82) is 0 Å². The van der Waals surface area contributed by atoms with E-state index in [0.717, 1.165) is 18.4 Å². The Bertz CT molecular complexity index is 880. The van der Waals surface area contributed by atoms with Crippen molar-refractivity contribution in [2.24, 2.45) is 0 Å². The standard InChI is InChI=1S/C20H26N4O4S/c1-2-28-18(26)16-10-6-7-12-23(16)17(25)14-29-20-22-21-19(27)24(20)13-11-15-8-4-3-5-9-15/h3-5,8-9,16H,2,6-7,10-14H2,1H3,(H,21,27)/t16-/m1/s1. The van der Waals surface area contributed by atoms with Crippen molar-refractivity contribution >= 4 is 23.6 Å². The van der Waals surface area contributed by atoms with Gasteiger partial charge < -0.3 is 9.64 Å². The van der Waals surface area contributed by atoms with Gasteiger partial charge in [0.25, 0.3) is 0 Å². The molecule has 1 aromatic heterocycles. The molecule has 8 nitrogen and oxygen atoms in total. The first kappa shape index (κ1) is 21.2. The molecule has 29 heavy (non-hydrogen) atoms. The molecule has 156 valence electrons. The highest BCUT2D eigenvalue weighted by molar-refractivity contribution is 7.99. The minimum absolute atomic E-state index is 0.117. The lowest BCUT2D eigenvalue weighted by Crippen LogP contribution is -2.49. The lowest BCUT2D eigenvalue weighted by Gasteiger charge is -2.33. The van der Waals surface area contributed by atoms with E-state index in [9.17, 15) is 14.4 Å². The topological polar surface area (TPSA) is 97.3 Å². The number of thioether (sulfide) groups is 1. The summed E-state index contributed by atoms with van der Waals surface area (Å²) in [5.74, 6) is -0.367. The predicted molar refractivity (Wildman–Crippen MR) is 110 cm³/mol. The molecular formula is C20H26N4O4S. The van der Waals surface area contributed by atoms with E-state index < -0.39 is 6.04 Å². The normalized spacial score (nSPS) is 16.6. The van der Waals surface area contributed by atoms with Crippen molar-refractivity contribution in [1.82, 2.24) is 19.7 Å². The van der Waals surface area contributed by atoms with Crippen LogP contribution in [0.25, 0.3) is 0 Å². The number of benzene rings is 1. The molecular weight excluding hydrogens is 392 g/mol. The fourth-order valence-corrected chi connectivity index (χ4v) is 4.28. The van der Waals surface area contributed by atoms with Crippen LogP contribution in [0.1, 0.15) is 31.7 Å². The van der Waals surface area contributed by atoms with Gasteiger partial charge in [0.05, 0.1) is 12.4 Å². The largest absolute Gasteiger partial charge is 0.464 e. The zero-order valence-electron chi connectivity index (χ0n) is 16.5. The number of aryl methyl sites for hydroxylation is 1. The molecule has 0 unspecified atom stereocenters. The van der Waals surface area contributed by atoms with Crippen molar-refractivity contribution in [2.75, 3.05) is 18.9 Å². The summed E-state index contributed by atoms with van der Waals surface area (Å²) in [6.07, 6.45) is 3.09. The molecule has 1 atom stereocenters. The summed E-state index contributed by atoms with van der Waals surface area (Å²) in [7, 11) is 0. The van der Waals surface area contributed by atoms with Gasteiger partial charge in [0.15, 0.2) is 5.16 Å². The quantitative estimate of drug-likeness (QED) is 0.519. The molecule has 0 radical (unpaired) electrons. The number of aromatic amines is 1. The van der Waals surface area contributed by atoms with Crippen molar-refractivity contribution in [3.63, 3.8) is 0 Å². The Morgan fingerprint density at radius 3 is 2.83 bits per heavy atom. The molecule has 2 aromatic rings. The van der Waals surface area contributed by atoms with Crippen LogP contribution in [-0.4, -0.2) is 56.5 Å². The van der Waals surface area contributed by atoms with Crippen LogP contribution < -0.4 is 5.69 Å². The number of H-pyrrole nitrogens is 1. The number of carbonyl (C=O) groups is 2. The summed E-state index contributed by atoms with van der Waals surface area (Å²) in [6.45, 7) is 3.08. The average Bonchev–Trinajstić information content (AvgIpc) is 3.10. The van der Waals surface area contributed by atoms with E-state index in [0.29, 0.717) is 37.7 Å². The van der Waals surface area contributed by atoms with E-state index >= 15 is 0 Å². The summed E-state index contributed by atoms with van der Waals surface area (Å²) in [5.41, 5.74) is 0.830. The van der Waals surface area contributed by atoms with Crippen LogP contribution >= 0.6 is 11.8 Å². The number of likely N-dealkylation sites (tertiary alicyclic amines) is 1. The second-order valence-corrected chi connectivity index (χ2v) is 7.78. The Morgan fingerprint density at radius 2 is 2.07 bits per heavy atom. The van der Waals surface area contributed by atoms with Crippen LogP contribution in [-0.2, 0) is 27.3 Å². The monoisotopic (exact) mass is 418 g/mol. The fraction of sp³-hybridized carbons (Fsp3) is 0.500. The summed E-state index contributed by atoms with van der Waals surface area (Å²) in [4.78, 5) is 38.6. The van der Waals surface area contributed by atoms with Crippen molar-refractivity contribution in [3.8, 4) is 0 Å². The zero-order chi connectivity index (χ0) is 20.6. The van der Waals surface area contributed by atoms with Crippen LogP contribution in [0.4, 0.5) is 0 Å². The lowest BCUT2D eigenvalue weighted by atomic mass is 10.0. The number of hydrogen-bond acceptors (Lipinski definition) is 6. The maximum absolute atomic E-state index is 12.8. The van der Waals surface area contributed by atoms with Crippen LogP contribution in [0, 0.1) is 0 Å². The highest BCUT2D eigenvalue weighted by Crippen LogP contribution is 2.21. The van der Waals surface area contributed by atoms with Gasteiger partial charge in [-0.15, -0.1) is 5.10 Å². The van der Waals surface area contributed by atoms with Crippen molar-refractivity contribution in [3.05, 3.63) is 46.4 Å². The molecule has 0 saturated carbocycles. The molecule has 0 spiro atoms. The molecule has 1 aromatic carbocycles. The van der Waals surface area contributed by atoms with E-state index in [1.54, 1.807) is 16.4 Å². The average molecular weight is 419 g/mol. The minimum Gasteiger partial charge on any atom is -0.464 e. The second kappa shape index (κ2) is 10.3. The number of hydrogen-bond donors (Lipinski definition) is 1. The number of nitrogens with zero attached hydrogens (tertiary/aromatic N) is 3. The van der Waals surface area contributed by atoms with E-state index in [2.05, 4.69) is 10.2 Å². The summed E-state index contributed by atoms with van der Waals surface area (Å²) >= 11 is 1.21. The number of nitrogens with one attached hydrogen (secondary N) is 1. The van der Waals surface area contributed by atoms with Gasteiger partial charge in [-0.2, -0.15) is 0 Å². The number of carbonyl (C=O) groups excluding carboxylic acids is 2. The first-order valence-corrected chi connectivity index (χ1v) is 10.9. The Hall–Kier alpha value is -2.55. The number of esters is 1. The molecule has 1 fully saturated rings. The van der Waals surface area contributed by atoms with E-state index in [4.69, 9.17) is 4.74 Å². The van der Waals surface area contributed by atoms with Gasteiger partial charge in [0, 0.05) is 13.1 Å². The first-order valence-electron chi connectivity index (χ1n) is 9.88. The zero-order valence-corrected chi connectivity index (χ0v) is 17.3. The van der Waals surface area contributed by atoms with E-state index in [1.165, 1.54) is 11.8 Å². The lowest BCUT2D eigenvalue weighted by molar-refractivity contribution is -0.155. The minimum atomic E-state index is -0.517. The molecule has 0 aliphatic carbocycles.